The van der Waals surface area contributed by atoms with Crippen LogP contribution in [0.2, 0.25) is 0 Å². The van der Waals surface area contributed by atoms with E-state index in [4.69, 9.17) is 5.21 Å². The summed E-state index contributed by atoms with van der Waals surface area (Å²) in [5.74, 6) is -3.36. The molecule has 68 valence electrons. The van der Waals surface area contributed by atoms with Gasteiger partial charge in [-0.1, -0.05) is 18.2 Å². The number of amides is 2. The molecular weight excluding hydrogens is 177 g/mol. The molecule has 1 aliphatic carbocycles. The molecule has 0 aromatic rings. The van der Waals surface area contributed by atoms with Gasteiger partial charge in [0, 0.05) is 0 Å². The summed E-state index contributed by atoms with van der Waals surface area (Å²) in [4.78, 5) is 22.2. The predicted octanol–water partition coefficient (Wildman–Crippen LogP) is 0.195. The number of hydroxylamine groups is 2. The molecule has 4 nitrogen and oxygen atoms in total. The van der Waals surface area contributed by atoms with E-state index >= 15 is 0 Å². The summed E-state index contributed by atoms with van der Waals surface area (Å²) in [6.07, 6.45) is 5.04. The maximum Gasteiger partial charge on any atom is 0.296 e. The van der Waals surface area contributed by atoms with Crippen molar-refractivity contribution in [3.63, 3.8) is 0 Å². The number of carbonyl (C=O) groups excluding carboxylic acids is 2. The molecule has 2 aliphatic rings. The molecule has 0 spiro atoms. The van der Waals surface area contributed by atoms with Crippen molar-refractivity contribution in [3.05, 3.63) is 24.3 Å². The zero-order valence-electron chi connectivity index (χ0n) is 6.48. The molecule has 1 saturated heterocycles. The molecule has 0 saturated carbocycles. The van der Waals surface area contributed by atoms with Crippen LogP contribution >= 0.6 is 0 Å². The summed E-state index contributed by atoms with van der Waals surface area (Å²) < 4.78 is 13.7. The van der Waals surface area contributed by atoms with Gasteiger partial charge < -0.3 is 0 Å². The van der Waals surface area contributed by atoms with Crippen LogP contribution in [0.25, 0.3) is 0 Å². The third kappa shape index (κ3) is 0.818. The van der Waals surface area contributed by atoms with E-state index in [0.717, 1.165) is 6.08 Å². The Balaban J connectivity index is 2.52. The van der Waals surface area contributed by atoms with Crippen LogP contribution in [-0.2, 0) is 9.59 Å². The average Bonchev–Trinajstić information content (AvgIpc) is 2.29. The Bertz CT molecular complexity index is 349. The first kappa shape index (κ1) is 8.12. The smallest absolute Gasteiger partial charge is 0.278 e. The van der Waals surface area contributed by atoms with Crippen molar-refractivity contribution in [3.8, 4) is 0 Å². The molecule has 0 bridgehead atoms. The van der Waals surface area contributed by atoms with E-state index < -0.39 is 23.4 Å². The van der Waals surface area contributed by atoms with Gasteiger partial charge in [0.1, 0.15) is 5.92 Å². The van der Waals surface area contributed by atoms with Gasteiger partial charge in [-0.2, -0.15) is 5.06 Å². The molecule has 2 amide bonds. The SMILES string of the molecule is O=C1C2C=CC=CC2(F)C(=O)N1O. The fourth-order valence-electron chi connectivity index (χ4n) is 1.48. The van der Waals surface area contributed by atoms with Crippen molar-refractivity contribution < 1.29 is 19.2 Å². The average molecular weight is 183 g/mol. The monoisotopic (exact) mass is 183 g/mol. The number of nitrogens with zero attached hydrogens (tertiary/aromatic N) is 1. The molecule has 2 rings (SSSR count). The lowest BCUT2D eigenvalue weighted by Crippen LogP contribution is -2.36. The molecule has 0 aromatic heterocycles. The number of hydrogen-bond acceptors (Lipinski definition) is 3. The van der Waals surface area contributed by atoms with E-state index in [1.54, 1.807) is 0 Å². The number of fused-ring (bicyclic) bond motifs is 1. The number of allylic oxidation sites excluding steroid dienone is 2. The lowest BCUT2D eigenvalue weighted by Gasteiger charge is -2.17. The highest BCUT2D eigenvalue weighted by atomic mass is 19.1. The summed E-state index contributed by atoms with van der Waals surface area (Å²) in [6, 6.07) is 0. The van der Waals surface area contributed by atoms with Crippen molar-refractivity contribution in [2.75, 3.05) is 0 Å². The quantitative estimate of drug-likeness (QED) is 0.431. The third-order valence-electron chi connectivity index (χ3n) is 2.20. The molecule has 1 heterocycles. The zero-order valence-corrected chi connectivity index (χ0v) is 6.48. The Hall–Kier alpha value is -1.49. The van der Waals surface area contributed by atoms with E-state index in [-0.39, 0.29) is 5.06 Å². The molecule has 2 atom stereocenters. The van der Waals surface area contributed by atoms with Crippen molar-refractivity contribution in [1.29, 1.82) is 0 Å². The number of imide groups is 1. The van der Waals surface area contributed by atoms with Gasteiger partial charge in [0.15, 0.2) is 0 Å². The van der Waals surface area contributed by atoms with Crippen molar-refractivity contribution in [2.24, 2.45) is 5.92 Å². The van der Waals surface area contributed by atoms with Gasteiger partial charge in [0.2, 0.25) is 5.67 Å². The summed E-state index contributed by atoms with van der Waals surface area (Å²) >= 11 is 0. The van der Waals surface area contributed by atoms with Crippen molar-refractivity contribution in [2.45, 2.75) is 5.67 Å². The summed E-state index contributed by atoms with van der Waals surface area (Å²) in [5, 5.41) is 8.73. The van der Waals surface area contributed by atoms with Crippen LogP contribution in [0.4, 0.5) is 4.39 Å². The zero-order chi connectivity index (χ0) is 9.64. The minimum atomic E-state index is -2.39. The number of hydrogen-bond donors (Lipinski definition) is 1. The minimum Gasteiger partial charge on any atom is -0.278 e. The number of rotatable bonds is 0. The third-order valence-corrected chi connectivity index (χ3v) is 2.20. The molecular formula is C8H6FNO3. The van der Waals surface area contributed by atoms with Crippen LogP contribution in [-0.4, -0.2) is 27.8 Å². The van der Waals surface area contributed by atoms with Gasteiger partial charge in [0.25, 0.3) is 11.8 Å². The first-order chi connectivity index (χ1) is 6.07. The summed E-state index contributed by atoms with van der Waals surface area (Å²) in [7, 11) is 0. The largest absolute Gasteiger partial charge is 0.296 e. The topological polar surface area (TPSA) is 57.6 Å². The van der Waals surface area contributed by atoms with Crippen LogP contribution in [0.1, 0.15) is 0 Å². The van der Waals surface area contributed by atoms with Gasteiger partial charge in [-0.05, 0) is 6.08 Å². The lowest BCUT2D eigenvalue weighted by molar-refractivity contribution is -0.174. The molecule has 13 heavy (non-hydrogen) atoms. The van der Waals surface area contributed by atoms with E-state index in [9.17, 15) is 14.0 Å². The van der Waals surface area contributed by atoms with E-state index in [0.29, 0.717) is 0 Å². The van der Waals surface area contributed by atoms with Crippen LogP contribution in [0.3, 0.4) is 0 Å². The predicted molar refractivity (Wildman–Crippen MR) is 39.2 cm³/mol. The Morgan fingerprint density at radius 1 is 1.46 bits per heavy atom. The standard InChI is InChI=1S/C8H6FNO3/c9-8-4-2-1-3-5(8)6(11)10(13)7(8)12/h1-5,13H. The molecule has 0 radical (unpaired) electrons. The maximum atomic E-state index is 13.7. The van der Waals surface area contributed by atoms with Gasteiger partial charge in [-0.3, -0.25) is 14.8 Å². The number of halogens is 1. The fourth-order valence-corrected chi connectivity index (χ4v) is 1.48. The van der Waals surface area contributed by atoms with Crippen molar-refractivity contribution >= 4 is 11.8 Å². The normalized spacial score (nSPS) is 37.1. The van der Waals surface area contributed by atoms with Crippen LogP contribution in [0.5, 0.6) is 0 Å². The Morgan fingerprint density at radius 2 is 2.15 bits per heavy atom. The molecule has 0 aromatic carbocycles. The second kappa shape index (κ2) is 2.26. The minimum absolute atomic E-state index is 0.162. The van der Waals surface area contributed by atoms with Gasteiger partial charge in [-0.25, -0.2) is 4.39 Å². The highest BCUT2D eigenvalue weighted by Gasteiger charge is 2.58. The summed E-state index contributed by atoms with van der Waals surface area (Å²) in [5.41, 5.74) is -2.39. The number of carbonyl (C=O) groups is 2. The first-order valence-corrected chi connectivity index (χ1v) is 3.69. The van der Waals surface area contributed by atoms with Gasteiger partial charge in [0.05, 0.1) is 0 Å². The number of alkyl halides is 1. The Morgan fingerprint density at radius 3 is 2.77 bits per heavy atom. The highest BCUT2D eigenvalue weighted by Crippen LogP contribution is 2.37. The summed E-state index contributed by atoms with van der Waals surface area (Å²) in [6.45, 7) is 0. The van der Waals surface area contributed by atoms with Crippen LogP contribution in [0.15, 0.2) is 24.3 Å². The maximum absolute atomic E-state index is 13.7. The van der Waals surface area contributed by atoms with E-state index in [1.807, 2.05) is 0 Å². The van der Waals surface area contributed by atoms with E-state index in [1.165, 1.54) is 18.2 Å². The molecule has 1 fully saturated rings. The van der Waals surface area contributed by atoms with Gasteiger partial charge in [-0.15, -0.1) is 0 Å². The Kier molecular flexibility index (Phi) is 1.41. The molecule has 1 N–H and O–H groups in total. The first-order valence-electron chi connectivity index (χ1n) is 3.69. The Labute approximate surface area is 72.9 Å². The fraction of sp³-hybridized carbons (Fsp3) is 0.250. The molecule has 2 unspecified atom stereocenters. The van der Waals surface area contributed by atoms with Gasteiger partial charge >= 0.3 is 0 Å². The second-order valence-electron chi connectivity index (χ2n) is 2.94. The van der Waals surface area contributed by atoms with E-state index in [2.05, 4.69) is 0 Å². The second-order valence-corrected chi connectivity index (χ2v) is 2.94. The molecule has 5 heteroatoms. The van der Waals surface area contributed by atoms with Crippen LogP contribution in [0, 0.1) is 5.92 Å². The molecule has 1 aliphatic heterocycles. The van der Waals surface area contributed by atoms with Crippen molar-refractivity contribution in [1.82, 2.24) is 5.06 Å². The van der Waals surface area contributed by atoms with Crippen LogP contribution < -0.4 is 0 Å². The lowest BCUT2D eigenvalue weighted by atomic mass is 9.88. The highest BCUT2D eigenvalue weighted by molar-refractivity contribution is 6.10.